The molecular weight excluding hydrogens is 436 g/mol. The molecule has 1 aromatic carbocycles. The van der Waals surface area contributed by atoms with Gasteiger partial charge in [0.05, 0.1) is 0 Å². The quantitative estimate of drug-likeness (QED) is 0.428. The Labute approximate surface area is 163 Å². The molecule has 0 spiro atoms. The minimum Gasteiger partial charge on any atom is -0.370 e. The Morgan fingerprint density at radius 2 is 1.88 bits per heavy atom. The molecule has 0 unspecified atom stereocenters. The van der Waals surface area contributed by atoms with Crippen LogP contribution in [0.1, 0.15) is 12.7 Å². The van der Waals surface area contributed by atoms with Crippen LogP contribution in [0.2, 0.25) is 0 Å². The zero-order chi connectivity index (χ0) is 16.9. The summed E-state index contributed by atoms with van der Waals surface area (Å²) in [6.45, 7) is 6.50. The number of piperazine rings is 1. The normalized spacial score (nSPS) is 15.2. The van der Waals surface area contributed by atoms with E-state index in [1.54, 1.807) is 18.5 Å². The van der Waals surface area contributed by atoms with E-state index in [2.05, 4.69) is 25.0 Å². The number of guanidine groups is 1. The molecule has 25 heavy (non-hydrogen) atoms. The maximum atomic E-state index is 13.0. The summed E-state index contributed by atoms with van der Waals surface area (Å²) in [5.41, 5.74) is 7.14. The molecule has 136 valence electrons. The molecular formula is C16H23FIN7. The Hall–Kier alpha value is -1.91. The topological polar surface area (TPSA) is 75.6 Å². The van der Waals surface area contributed by atoms with Crippen LogP contribution in [0.25, 0.3) is 0 Å². The number of halogens is 2. The van der Waals surface area contributed by atoms with Gasteiger partial charge in [-0.3, -0.25) is 0 Å². The average Bonchev–Trinajstić information content (AvgIpc) is 3.08. The molecule has 0 saturated carbocycles. The van der Waals surface area contributed by atoms with E-state index >= 15 is 0 Å². The van der Waals surface area contributed by atoms with Crippen LogP contribution < -0.4 is 10.6 Å². The number of hydrogen-bond acceptors (Lipinski definition) is 4. The highest BCUT2D eigenvalue weighted by atomic mass is 127. The van der Waals surface area contributed by atoms with E-state index in [9.17, 15) is 4.39 Å². The molecule has 1 fully saturated rings. The van der Waals surface area contributed by atoms with Crippen molar-refractivity contribution in [3.8, 4) is 0 Å². The zero-order valence-corrected chi connectivity index (χ0v) is 16.5. The van der Waals surface area contributed by atoms with E-state index in [-0.39, 0.29) is 29.8 Å². The Bertz CT molecular complexity index is 693. The van der Waals surface area contributed by atoms with Crippen molar-refractivity contribution in [1.29, 1.82) is 0 Å². The van der Waals surface area contributed by atoms with E-state index in [4.69, 9.17) is 5.73 Å². The summed E-state index contributed by atoms with van der Waals surface area (Å²) in [5, 5.41) is 7.94. The number of anilines is 1. The van der Waals surface area contributed by atoms with E-state index in [1.807, 2.05) is 11.5 Å². The second-order valence-electron chi connectivity index (χ2n) is 5.66. The highest BCUT2D eigenvalue weighted by Crippen LogP contribution is 2.16. The fourth-order valence-corrected chi connectivity index (χ4v) is 2.76. The summed E-state index contributed by atoms with van der Waals surface area (Å²) >= 11 is 0. The Morgan fingerprint density at radius 1 is 1.20 bits per heavy atom. The maximum Gasteiger partial charge on any atom is 0.191 e. The van der Waals surface area contributed by atoms with Gasteiger partial charge in [-0.15, -0.1) is 34.2 Å². The van der Waals surface area contributed by atoms with Crippen LogP contribution in [0, 0.1) is 5.82 Å². The van der Waals surface area contributed by atoms with Gasteiger partial charge in [0.1, 0.15) is 18.7 Å². The van der Waals surface area contributed by atoms with Crippen LogP contribution in [-0.4, -0.2) is 51.8 Å². The number of aliphatic imine (C=N–C) groups is 1. The molecule has 2 heterocycles. The standard InChI is InChI=1S/C16H22FN7.HI/c1-2-22-12-20-21-15(22)11-19-16(18)24-9-7-23(8-10-24)14-5-3-13(17)4-6-14;/h3-6,12H,2,7-11H2,1H3,(H2,18,19);1H. The largest absolute Gasteiger partial charge is 0.370 e. The predicted octanol–water partition coefficient (Wildman–Crippen LogP) is 1.69. The van der Waals surface area contributed by atoms with E-state index in [1.165, 1.54) is 12.1 Å². The molecule has 0 bridgehead atoms. The SMILES string of the molecule is CCn1cnnc1CN=C(N)N1CCN(c2ccc(F)cc2)CC1.I. The summed E-state index contributed by atoms with van der Waals surface area (Å²) in [6, 6.07) is 6.59. The van der Waals surface area contributed by atoms with Crippen molar-refractivity contribution in [2.45, 2.75) is 20.0 Å². The van der Waals surface area contributed by atoms with E-state index < -0.39 is 0 Å². The number of hydrogen-bond donors (Lipinski definition) is 1. The molecule has 0 radical (unpaired) electrons. The third-order valence-corrected chi connectivity index (χ3v) is 4.21. The van der Waals surface area contributed by atoms with Crippen molar-refractivity contribution < 1.29 is 4.39 Å². The number of aromatic nitrogens is 3. The van der Waals surface area contributed by atoms with Gasteiger partial charge >= 0.3 is 0 Å². The molecule has 1 aromatic heterocycles. The number of nitrogens with two attached hydrogens (primary N) is 1. The van der Waals surface area contributed by atoms with Crippen molar-refractivity contribution in [1.82, 2.24) is 19.7 Å². The molecule has 0 atom stereocenters. The molecule has 1 saturated heterocycles. The van der Waals surface area contributed by atoms with E-state index in [0.717, 1.165) is 44.2 Å². The van der Waals surface area contributed by atoms with Crippen molar-refractivity contribution in [2.24, 2.45) is 10.7 Å². The zero-order valence-electron chi connectivity index (χ0n) is 14.2. The minimum absolute atomic E-state index is 0. The van der Waals surface area contributed by atoms with Crippen LogP contribution in [0.3, 0.4) is 0 Å². The molecule has 9 heteroatoms. The van der Waals surface area contributed by atoms with Gasteiger partial charge in [0.2, 0.25) is 0 Å². The lowest BCUT2D eigenvalue weighted by molar-refractivity contribution is 0.380. The maximum absolute atomic E-state index is 13.0. The number of aryl methyl sites for hydroxylation is 1. The molecule has 7 nitrogen and oxygen atoms in total. The highest BCUT2D eigenvalue weighted by Gasteiger charge is 2.18. The monoisotopic (exact) mass is 459 g/mol. The van der Waals surface area contributed by atoms with Crippen LogP contribution in [-0.2, 0) is 13.1 Å². The van der Waals surface area contributed by atoms with Crippen LogP contribution >= 0.6 is 24.0 Å². The molecule has 1 aliphatic heterocycles. The van der Waals surface area contributed by atoms with Crippen molar-refractivity contribution in [3.63, 3.8) is 0 Å². The van der Waals surface area contributed by atoms with Gasteiger partial charge in [-0.2, -0.15) is 0 Å². The summed E-state index contributed by atoms with van der Waals surface area (Å²) < 4.78 is 15.0. The smallest absolute Gasteiger partial charge is 0.191 e. The molecule has 0 amide bonds. The predicted molar refractivity (Wildman–Crippen MR) is 107 cm³/mol. The number of rotatable bonds is 4. The third-order valence-electron chi connectivity index (χ3n) is 4.21. The molecule has 0 aliphatic carbocycles. The van der Waals surface area contributed by atoms with Crippen LogP contribution in [0.15, 0.2) is 35.6 Å². The first kappa shape index (κ1) is 19.4. The van der Waals surface area contributed by atoms with Gasteiger partial charge in [-0.25, -0.2) is 9.38 Å². The lowest BCUT2D eigenvalue weighted by Gasteiger charge is -2.36. The van der Waals surface area contributed by atoms with Gasteiger partial charge in [0.15, 0.2) is 11.8 Å². The first-order valence-corrected chi connectivity index (χ1v) is 8.09. The lowest BCUT2D eigenvalue weighted by atomic mass is 10.2. The molecule has 2 N–H and O–H groups in total. The Morgan fingerprint density at radius 3 is 2.52 bits per heavy atom. The fourth-order valence-electron chi connectivity index (χ4n) is 2.76. The van der Waals surface area contributed by atoms with Crippen molar-refractivity contribution in [2.75, 3.05) is 31.1 Å². The molecule has 3 rings (SSSR count). The number of benzene rings is 1. The molecule has 1 aliphatic rings. The van der Waals surface area contributed by atoms with Crippen molar-refractivity contribution in [3.05, 3.63) is 42.2 Å². The lowest BCUT2D eigenvalue weighted by Crippen LogP contribution is -2.51. The Balaban J connectivity index is 0.00000225. The summed E-state index contributed by atoms with van der Waals surface area (Å²) in [7, 11) is 0. The highest BCUT2D eigenvalue weighted by molar-refractivity contribution is 14.0. The summed E-state index contributed by atoms with van der Waals surface area (Å²) in [6.07, 6.45) is 1.70. The summed E-state index contributed by atoms with van der Waals surface area (Å²) in [4.78, 5) is 8.72. The second kappa shape index (κ2) is 8.97. The van der Waals surface area contributed by atoms with Gasteiger partial charge in [0.25, 0.3) is 0 Å². The fraction of sp³-hybridized carbons (Fsp3) is 0.438. The summed E-state index contributed by atoms with van der Waals surface area (Å²) in [5.74, 6) is 1.12. The van der Waals surface area contributed by atoms with Crippen LogP contribution in [0.5, 0.6) is 0 Å². The third kappa shape index (κ3) is 4.80. The molecule has 2 aromatic rings. The second-order valence-corrected chi connectivity index (χ2v) is 5.66. The van der Waals surface area contributed by atoms with Gasteiger partial charge in [0, 0.05) is 38.4 Å². The van der Waals surface area contributed by atoms with E-state index in [0.29, 0.717) is 12.5 Å². The van der Waals surface area contributed by atoms with Crippen molar-refractivity contribution >= 4 is 35.6 Å². The van der Waals surface area contributed by atoms with Gasteiger partial charge < -0.3 is 20.1 Å². The minimum atomic E-state index is -0.214. The van der Waals surface area contributed by atoms with Crippen LogP contribution in [0.4, 0.5) is 10.1 Å². The number of nitrogens with zero attached hydrogens (tertiary/aromatic N) is 6. The Kier molecular flexibility index (Phi) is 6.97. The van der Waals surface area contributed by atoms with Gasteiger partial charge in [-0.1, -0.05) is 0 Å². The first-order valence-electron chi connectivity index (χ1n) is 8.09. The first-order chi connectivity index (χ1) is 11.7. The van der Waals surface area contributed by atoms with Gasteiger partial charge in [-0.05, 0) is 31.2 Å². The average molecular weight is 459 g/mol.